The fourth-order valence-corrected chi connectivity index (χ4v) is 3.97. The maximum Gasteiger partial charge on any atom is 0.255 e. The number of piperazine rings is 1. The van der Waals surface area contributed by atoms with Gasteiger partial charge in [-0.15, -0.1) is 0 Å². The average Bonchev–Trinajstić information content (AvgIpc) is 3.26. The monoisotopic (exact) mass is 456 g/mol. The van der Waals surface area contributed by atoms with Crippen molar-refractivity contribution < 1.29 is 9.53 Å². The van der Waals surface area contributed by atoms with Gasteiger partial charge in [0.2, 0.25) is 0 Å². The summed E-state index contributed by atoms with van der Waals surface area (Å²) in [5.41, 5.74) is 4.14. The van der Waals surface area contributed by atoms with E-state index in [-0.39, 0.29) is 5.91 Å². The molecule has 0 saturated carbocycles. The fraction of sp³-hybridized carbons (Fsp3) is 0.269. The van der Waals surface area contributed by atoms with E-state index in [1.54, 1.807) is 30.5 Å². The van der Waals surface area contributed by atoms with Gasteiger partial charge in [0, 0.05) is 44.1 Å². The summed E-state index contributed by atoms with van der Waals surface area (Å²) >= 11 is 0. The molecule has 1 N–H and O–H groups in total. The lowest BCUT2D eigenvalue weighted by atomic mass is 10.2. The Hall–Kier alpha value is -3.91. The van der Waals surface area contributed by atoms with E-state index in [4.69, 9.17) is 4.74 Å². The van der Waals surface area contributed by atoms with Gasteiger partial charge >= 0.3 is 0 Å². The highest BCUT2D eigenvalue weighted by Gasteiger charge is 2.15. The Balaban J connectivity index is 1.15. The van der Waals surface area contributed by atoms with E-state index < -0.39 is 0 Å². The summed E-state index contributed by atoms with van der Waals surface area (Å²) in [5.74, 6) is 1.44. The van der Waals surface area contributed by atoms with Gasteiger partial charge in [-0.05, 0) is 62.0 Å². The molecule has 5 rings (SSSR count). The van der Waals surface area contributed by atoms with Crippen LogP contribution in [0.5, 0.6) is 5.75 Å². The van der Waals surface area contributed by atoms with Crippen molar-refractivity contribution >= 4 is 23.1 Å². The van der Waals surface area contributed by atoms with E-state index in [1.807, 2.05) is 48.0 Å². The number of likely N-dealkylation sites (N-methyl/N-ethyl adjacent to an activating group) is 1. The van der Waals surface area contributed by atoms with Crippen LogP contribution in [0.2, 0.25) is 0 Å². The number of nitrogens with one attached hydrogen (secondary N) is 1. The third-order valence-electron chi connectivity index (χ3n) is 5.99. The summed E-state index contributed by atoms with van der Waals surface area (Å²) < 4.78 is 7.85. The molecule has 1 amide bonds. The first-order valence-electron chi connectivity index (χ1n) is 11.4. The number of imidazole rings is 1. The summed E-state index contributed by atoms with van der Waals surface area (Å²) in [4.78, 5) is 26.3. The molecule has 4 heterocycles. The van der Waals surface area contributed by atoms with Crippen LogP contribution in [0.4, 0.5) is 11.5 Å². The van der Waals surface area contributed by atoms with Crippen LogP contribution in [0.25, 0.3) is 5.65 Å². The van der Waals surface area contributed by atoms with Crippen molar-refractivity contribution in [3.8, 4) is 5.75 Å². The first-order valence-corrected chi connectivity index (χ1v) is 11.4. The second-order valence-corrected chi connectivity index (χ2v) is 8.67. The number of rotatable bonds is 6. The number of pyridine rings is 2. The molecule has 8 heteroatoms. The quantitative estimate of drug-likeness (QED) is 0.478. The third-order valence-corrected chi connectivity index (χ3v) is 5.99. The second-order valence-electron chi connectivity index (χ2n) is 8.67. The Kier molecular flexibility index (Phi) is 6.14. The molecule has 3 aromatic heterocycles. The zero-order valence-electron chi connectivity index (χ0n) is 19.4. The summed E-state index contributed by atoms with van der Waals surface area (Å²) in [6.45, 7) is 6.38. The van der Waals surface area contributed by atoms with E-state index in [2.05, 4.69) is 32.1 Å². The predicted molar refractivity (Wildman–Crippen MR) is 133 cm³/mol. The molecule has 0 spiro atoms. The average molecular weight is 457 g/mol. The number of amides is 1. The van der Waals surface area contributed by atoms with Crippen LogP contribution in [0.1, 0.15) is 21.6 Å². The van der Waals surface area contributed by atoms with Crippen molar-refractivity contribution in [2.24, 2.45) is 0 Å². The summed E-state index contributed by atoms with van der Waals surface area (Å²) in [6, 6.07) is 15.0. The molecular formula is C26H28N6O2. The van der Waals surface area contributed by atoms with Gasteiger partial charge in [-0.1, -0.05) is 6.07 Å². The number of carbonyl (C=O) groups is 1. The van der Waals surface area contributed by atoms with E-state index in [9.17, 15) is 4.79 Å². The molecule has 0 bridgehead atoms. The number of nitrogens with zero attached hydrogens (tertiary/aromatic N) is 5. The van der Waals surface area contributed by atoms with Gasteiger partial charge in [0.05, 0.1) is 17.6 Å². The lowest BCUT2D eigenvalue weighted by molar-refractivity contribution is 0.102. The van der Waals surface area contributed by atoms with Crippen LogP contribution in [-0.4, -0.2) is 58.4 Å². The van der Waals surface area contributed by atoms with Gasteiger partial charge in [-0.25, -0.2) is 9.97 Å². The Bertz CT molecular complexity index is 1280. The van der Waals surface area contributed by atoms with Crippen LogP contribution >= 0.6 is 0 Å². The standard InChI is InChI=1S/C26H28N6O2/c1-19-3-9-25-28-22(17-32(25)16-19)18-34-23-7-4-20(5-8-23)26(33)29-21-6-10-24(27-15-21)31-13-11-30(2)12-14-31/h3-10,15-17H,11-14,18H2,1-2H3,(H,29,33). The Morgan fingerprint density at radius 2 is 1.79 bits per heavy atom. The molecular weight excluding hydrogens is 428 g/mol. The van der Waals surface area contributed by atoms with Crippen molar-refractivity contribution in [3.63, 3.8) is 0 Å². The summed E-state index contributed by atoms with van der Waals surface area (Å²) in [5, 5.41) is 2.91. The Morgan fingerprint density at radius 3 is 2.53 bits per heavy atom. The SMILES string of the molecule is Cc1ccc2nc(COc3ccc(C(=O)Nc4ccc(N5CCN(C)CC5)nc4)cc3)cn2c1. The normalized spacial score (nSPS) is 14.4. The third kappa shape index (κ3) is 5.02. The van der Waals surface area contributed by atoms with Crippen LogP contribution in [0.15, 0.2) is 67.1 Å². The summed E-state index contributed by atoms with van der Waals surface area (Å²) in [7, 11) is 2.13. The highest BCUT2D eigenvalue weighted by Crippen LogP contribution is 2.18. The lowest BCUT2D eigenvalue weighted by Gasteiger charge is -2.33. The van der Waals surface area contributed by atoms with Crippen molar-refractivity contribution in [3.05, 3.63) is 83.9 Å². The first-order chi connectivity index (χ1) is 16.5. The predicted octanol–water partition coefficient (Wildman–Crippen LogP) is 3.62. The molecule has 1 aliphatic heterocycles. The number of hydrogen-bond donors (Lipinski definition) is 1. The lowest BCUT2D eigenvalue weighted by Crippen LogP contribution is -2.44. The van der Waals surface area contributed by atoms with Gasteiger partial charge in [-0.3, -0.25) is 4.79 Å². The number of aryl methyl sites for hydroxylation is 1. The molecule has 174 valence electrons. The summed E-state index contributed by atoms with van der Waals surface area (Å²) in [6.07, 6.45) is 5.71. The van der Waals surface area contributed by atoms with Crippen LogP contribution in [-0.2, 0) is 6.61 Å². The number of aromatic nitrogens is 3. The van der Waals surface area contributed by atoms with E-state index in [1.165, 1.54) is 5.56 Å². The minimum absolute atomic E-state index is 0.184. The van der Waals surface area contributed by atoms with Crippen LogP contribution in [0, 0.1) is 6.92 Å². The topological polar surface area (TPSA) is 75.0 Å². The van der Waals surface area contributed by atoms with Gasteiger partial charge in [-0.2, -0.15) is 0 Å². The maximum absolute atomic E-state index is 12.6. The van der Waals surface area contributed by atoms with Gasteiger partial charge in [0.1, 0.15) is 23.8 Å². The maximum atomic E-state index is 12.6. The number of carbonyl (C=O) groups excluding carboxylic acids is 1. The molecule has 0 unspecified atom stereocenters. The molecule has 1 aromatic carbocycles. The number of fused-ring (bicyclic) bond motifs is 1. The molecule has 0 atom stereocenters. The zero-order valence-corrected chi connectivity index (χ0v) is 19.4. The molecule has 8 nitrogen and oxygen atoms in total. The molecule has 1 aliphatic rings. The van der Waals surface area contributed by atoms with Crippen molar-refractivity contribution in [2.45, 2.75) is 13.5 Å². The van der Waals surface area contributed by atoms with E-state index in [0.29, 0.717) is 23.6 Å². The van der Waals surface area contributed by atoms with Crippen molar-refractivity contribution in [1.82, 2.24) is 19.3 Å². The zero-order chi connectivity index (χ0) is 23.5. The number of ether oxygens (including phenoxy) is 1. The van der Waals surface area contributed by atoms with Crippen molar-refractivity contribution in [1.29, 1.82) is 0 Å². The van der Waals surface area contributed by atoms with Gasteiger partial charge in [0.15, 0.2) is 0 Å². The Labute approximate surface area is 198 Å². The minimum Gasteiger partial charge on any atom is -0.487 e. The Morgan fingerprint density at radius 1 is 1.00 bits per heavy atom. The highest BCUT2D eigenvalue weighted by molar-refractivity contribution is 6.04. The van der Waals surface area contributed by atoms with Crippen LogP contribution < -0.4 is 15.0 Å². The molecule has 1 fully saturated rings. The smallest absolute Gasteiger partial charge is 0.255 e. The molecule has 0 radical (unpaired) electrons. The largest absolute Gasteiger partial charge is 0.487 e. The van der Waals surface area contributed by atoms with Gasteiger partial charge in [0.25, 0.3) is 5.91 Å². The first kappa shape index (κ1) is 21.9. The molecule has 4 aromatic rings. The molecule has 0 aliphatic carbocycles. The highest BCUT2D eigenvalue weighted by atomic mass is 16.5. The van der Waals surface area contributed by atoms with Crippen LogP contribution in [0.3, 0.4) is 0 Å². The fourth-order valence-electron chi connectivity index (χ4n) is 3.97. The van der Waals surface area contributed by atoms with Gasteiger partial charge < -0.3 is 24.3 Å². The van der Waals surface area contributed by atoms with E-state index in [0.717, 1.165) is 43.3 Å². The van der Waals surface area contributed by atoms with E-state index >= 15 is 0 Å². The second kappa shape index (κ2) is 9.52. The van der Waals surface area contributed by atoms with Crippen molar-refractivity contribution in [2.75, 3.05) is 43.4 Å². The molecule has 1 saturated heterocycles. The number of anilines is 2. The number of hydrogen-bond acceptors (Lipinski definition) is 6. The minimum atomic E-state index is -0.184. The molecule has 34 heavy (non-hydrogen) atoms. The number of benzene rings is 1.